The maximum Gasteiger partial charge on any atom is 0.187 e. The standard InChI is InChI=1S/C16H14INO/c1-12-2-4-13(5-3-12)16(19)10-11-18-15-8-6-14(17)7-9-15/h2-11,18H,1H3/b11-10+. The Kier molecular flexibility index (Phi) is 4.74. The van der Waals surface area contributed by atoms with Crippen molar-refractivity contribution in [3.8, 4) is 0 Å². The van der Waals surface area contributed by atoms with E-state index in [2.05, 4.69) is 27.9 Å². The zero-order valence-electron chi connectivity index (χ0n) is 10.6. The molecule has 0 fully saturated rings. The molecule has 0 aliphatic rings. The summed E-state index contributed by atoms with van der Waals surface area (Å²) in [5, 5.41) is 3.08. The van der Waals surface area contributed by atoms with Crippen molar-refractivity contribution in [1.29, 1.82) is 0 Å². The Morgan fingerprint density at radius 1 is 1.05 bits per heavy atom. The number of aryl methyl sites for hydroxylation is 1. The molecule has 1 N–H and O–H groups in total. The van der Waals surface area contributed by atoms with Crippen molar-refractivity contribution in [3.63, 3.8) is 0 Å². The van der Waals surface area contributed by atoms with Gasteiger partial charge in [-0.15, -0.1) is 0 Å². The van der Waals surface area contributed by atoms with Gasteiger partial charge >= 0.3 is 0 Å². The van der Waals surface area contributed by atoms with Crippen LogP contribution in [-0.4, -0.2) is 5.78 Å². The summed E-state index contributed by atoms with van der Waals surface area (Å²) in [6.07, 6.45) is 3.22. The molecule has 2 aromatic rings. The van der Waals surface area contributed by atoms with E-state index >= 15 is 0 Å². The first kappa shape index (κ1) is 13.8. The van der Waals surface area contributed by atoms with Crippen molar-refractivity contribution in [3.05, 3.63) is 75.5 Å². The summed E-state index contributed by atoms with van der Waals surface area (Å²) < 4.78 is 1.18. The second-order valence-corrected chi connectivity index (χ2v) is 5.46. The van der Waals surface area contributed by atoms with Crippen LogP contribution in [0.5, 0.6) is 0 Å². The minimum absolute atomic E-state index is 0.00184. The predicted octanol–water partition coefficient (Wildman–Crippen LogP) is 4.41. The third kappa shape index (κ3) is 4.21. The van der Waals surface area contributed by atoms with Gasteiger partial charge in [0.05, 0.1) is 0 Å². The Morgan fingerprint density at radius 3 is 2.32 bits per heavy atom. The highest BCUT2D eigenvalue weighted by atomic mass is 127. The van der Waals surface area contributed by atoms with Crippen molar-refractivity contribution in [2.45, 2.75) is 6.92 Å². The highest BCUT2D eigenvalue weighted by molar-refractivity contribution is 14.1. The van der Waals surface area contributed by atoms with Crippen LogP contribution in [0.4, 0.5) is 5.69 Å². The van der Waals surface area contributed by atoms with E-state index in [9.17, 15) is 4.79 Å². The van der Waals surface area contributed by atoms with Gasteiger partial charge in [-0.2, -0.15) is 0 Å². The van der Waals surface area contributed by atoms with Crippen LogP contribution in [0.1, 0.15) is 15.9 Å². The molecule has 2 nitrogen and oxygen atoms in total. The van der Waals surface area contributed by atoms with Crippen LogP contribution in [0, 0.1) is 10.5 Å². The molecule has 2 rings (SSSR count). The lowest BCUT2D eigenvalue weighted by molar-refractivity contribution is 0.104. The summed E-state index contributed by atoms with van der Waals surface area (Å²) >= 11 is 2.26. The van der Waals surface area contributed by atoms with Crippen LogP contribution in [0.2, 0.25) is 0 Å². The summed E-state index contributed by atoms with van der Waals surface area (Å²) in [7, 11) is 0. The molecule has 0 heterocycles. The molecule has 0 saturated carbocycles. The van der Waals surface area contributed by atoms with Crippen molar-refractivity contribution in [1.82, 2.24) is 0 Å². The molecule has 0 atom stereocenters. The average molecular weight is 363 g/mol. The van der Waals surface area contributed by atoms with E-state index in [4.69, 9.17) is 0 Å². The Bertz CT molecular complexity index is 585. The van der Waals surface area contributed by atoms with E-state index in [1.165, 1.54) is 3.57 Å². The SMILES string of the molecule is Cc1ccc(C(=O)/C=C/Nc2ccc(I)cc2)cc1. The van der Waals surface area contributed by atoms with Crippen molar-refractivity contribution in [2.24, 2.45) is 0 Å². The lowest BCUT2D eigenvalue weighted by Crippen LogP contribution is -1.96. The van der Waals surface area contributed by atoms with Gasteiger partial charge in [-0.05, 0) is 53.8 Å². The number of hydrogen-bond acceptors (Lipinski definition) is 2. The Labute approximate surface area is 126 Å². The molecular formula is C16H14INO. The number of carbonyl (C=O) groups is 1. The molecule has 19 heavy (non-hydrogen) atoms. The number of allylic oxidation sites excluding steroid dienone is 1. The number of rotatable bonds is 4. The van der Waals surface area contributed by atoms with E-state index in [0.29, 0.717) is 5.56 Å². The Balaban J connectivity index is 1.97. The van der Waals surface area contributed by atoms with E-state index in [1.54, 1.807) is 12.3 Å². The fourth-order valence-electron chi connectivity index (χ4n) is 1.57. The number of halogens is 1. The molecule has 0 radical (unpaired) electrons. The lowest BCUT2D eigenvalue weighted by Gasteiger charge is -2.00. The predicted molar refractivity (Wildman–Crippen MR) is 87.4 cm³/mol. The molecule has 3 heteroatoms. The van der Waals surface area contributed by atoms with Crippen LogP contribution in [0.3, 0.4) is 0 Å². The molecule has 96 valence electrons. The van der Waals surface area contributed by atoms with Crippen LogP contribution in [-0.2, 0) is 0 Å². The topological polar surface area (TPSA) is 29.1 Å². The van der Waals surface area contributed by atoms with Gasteiger partial charge in [0.2, 0.25) is 0 Å². The molecule has 0 bridgehead atoms. The quantitative estimate of drug-likeness (QED) is 0.495. The highest BCUT2D eigenvalue weighted by Gasteiger charge is 1.99. The number of benzene rings is 2. The first-order chi connectivity index (χ1) is 9.15. The molecule has 0 spiro atoms. The fourth-order valence-corrected chi connectivity index (χ4v) is 1.93. The van der Waals surface area contributed by atoms with E-state index in [1.807, 2.05) is 55.5 Å². The molecular weight excluding hydrogens is 349 g/mol. The van der Waals surface area contributed by atoms with Gasteiger partial charge in [-0.3, -0.25) is 4.79 Å². The first-order valence-electron chi connectivity index (χ1n) is 5.95. The van der Waals surface area contributed by atoms with E-state index in [0.717, 1.165) is 11.3 Å². The number of ketones is 1. The molecule has 0 aromatic heterocycles. The van der Waals surface area contributed by atoms with Crippen LogP contribution in [0.25, 0.3) is 0 Å². The van der Waals surface area contributed by atoms with Gasteiger partial charge in [-0.25, -0.2) is 0 Å². The number of carbonyl (C=O) groups excluding carboxylic acids is 1. The Hall–Kier alpha value is -1.62. The summed E-state index contributed by atoms with van der Waals surface area (Å²) in [5.41, 5.74) is 2.82. The van der Waals surface area contributed by atoms with Crippen LogP contribution in [0.15, 0.2) is 60.8 Å². The van der Waals surface area contributed by atoms with Gasteiger partial charge in [0.25, 0.3) is 0 Å². The lowest BCUT2D eigenvalue weighted by atomic mass is 10.1. The zero-order chi connectivity index (χ0) is 13.7. The third-order valence-corrected chi connectivity index (χ3v) is 3.38. The Morgan fingerprint density at radius 2 is 1.68 bits per heavy atom. The summed E-state index contributed by atoms with van der Waals surface area (Å²) in [4.78, 5) is 11.9. The van der Waals surface area contributed by atoms with Crippen molar-refractivity contribution >= 4 is 34.1 Å². The number of anilines is 1. The molecule has 0 unspecified atom stereocenters. The van der Waals surface area contributed by atoms with Crippen molar-refractivity contribution in [2.75, 3.05) is 5.32 Å². The van der Waals surface area contributed by atoms with Crippen molar-refractivity contribution < 1.29 is 4.79 Å². The van der Waals surface area contributed by atoms with Gasteiger partial charge in [0, 0.05) is 27.1 Å². The smallest absolute Gasteiger partial charge is 0.187 e. The summed E-state index contributed by atoms with van der Waals surface area (Å²) in [5.74, 6) is -0.00184. The monoisotopic (exact) mass is 363 g/mol. The van der Waals surface area contributed by atoms with Crippen LogP contribution >= 0.6 is 22.6 Å². The second kappa shape index (κ2) is 6.52. The van der Waals surface area contributed by atoms with E-state index < -0.39 is 0 Å². The maximum atomic E-state index is 11.9. The van der Waals surface area contributed by atoms with Gasteiger partial charge < -0.3 is 5.32 Å². The fraction of sp³-hybridized carbons (Fsp3) is 0.0625. The molecule has 0 amide bonds. The largest absolute Gasteiger partial charge is 0.362 e. The molecule has 0 aliphatic heterocycles. The zero-order valence-corrected chi connectivity index (χ0v) is 12.7. The van der Waals surface area contributed by atoms with Gasteiger partial charge in [0.1, 0.15) is 0 Å². The molecule has 2 aromatic carbocycles. The summed E-state index contributed by atoms with van der Waals surface area (Å²) in [6, 6.07) is 15.5. The van der Waals surface area contributed by atoms with E-state index in [-0.39, 0.29) is 5.78 Å². The number of nitrogens with one attached hydrogen (secondary N) is 1. The average Bonchev–Trinajstić information content (AvgIpc) is 2.41. The normalized spacial score (nSPS) is 10.6. The van der Waals surface area contributed by atoms with Gasteiger partial charge in [0.15, 0.2) is 5.78 Å². The maximum absolute atomic E-state index is 11.9. The third-order valence-electron chi connectivity index (χ3n) is 2.67. The second-order valence-electron chi connectivity index (χ2n) is 4.21. The summed E-state index contributed by atoms with van der Waals surface area (Å²) in [6.45, 7) is 2.00. The highest BCUT2D eigenvalue weighted by Crippen LogP contribution is 2.11. The number of hydrogen-bond donors (Lipinski definition) is 1. The van der Waals surface area contributed by atoms with Crippen LogP contribution < -0.4 is 5.32 Å². The minimum Gasteiger partial charge on any atom is -0.362 e. The minimum atomic E-state index is -0.00184. The molecule has 0 saturated heterocycles. The van der Waals surface area contributed by atoms with Gasteiger partial charge in [-0.1, -0.05) is 29.8 Å². The molecule has 0 aliphatic carbocycles. The first-order valence-corrected chi connectivity index (χ1v) is 7.03.